The van der Waals surface area contributed by atoms with Crippen molar-refractivity contribution in [2.24, 2.45) is 46.1 Å². The molecule has 20 N–H and O–H groups in total. The lowest BCUT2D eigenvalue weighted by atomic mass is 9.77. The molecule has 13 atom stereocenters. The Bertz CT molecular complexity index is 4860. The molecule has 1 aromatic heterocycles. The summed E-state index contributed by atoms with van der Waals surface area (Å²) in [4.78, 5) is 249. The predicted molar refractivity (Wildman–Crippen MR) is 507 cm³/mol. The van der Waals surface area contributed by atoms with Crippen LogP contribution in [0.4, 0.5) is 0 Å². The van der Waals surface area contributed by atoms with Crippen LogP contribution in [-0.2, 0) is 107 Å². The smallest absolute Gasteiger partial charge is 0.245 e. The van der Waals surface area contributed by atoms with Crippen LogP contribution in [0.5, 0.6) is 5.75 Å². The number of ether oxygens (including phenoxy) is 1. The van der Waals surface area contributed by atoms with E-state index in [9.17, 15) is 57.8 Å². The van der Waals surface area contributed by atoms with Gasteiger partial charge in [-0.3, -0.25) is 76.7 Å². The van der Waals surface area contributed by atoms with Crippen LogP contribution in [0.2, 0.25) is 0 Å². The lowest BCUT2D eigenvalue weighted by Crippen LogP contribution is -2.63. The molecule has 5 aromatic rings. The average molecular weight is 1870 g/mol. The van der Waals surface area contributed by atoms with Gasteiger partial charge in [-0.25, -0.2) is 0 Å². The van der Waals surface area contributed by atoms with Crippen LogP contribution in [0.25, 0.3) is 21.7 Å². The van der Waals surface area contributed by atoms with Crippen molar-refractivity contribution in [1.29, 1.82) is 0 Å². The fourth-order valence-corrected chi connectivity index (χ4v) is 18.9. The number of benzene rings is 4. The van der Waals surface area contributed by atoms with Gasteiger partial charge in [-0.2, -0.15) is 0 Å². The molecule has 0 spiro atoms. The van der Waals surface area contributed by atoms with E-state index in [4.69, 9.17) is 27.7 Å². The number of aromatic nitrogens is 1. The summed E-state index contributed by atoms with van der Waals surface area (Å²) in [5.41, 5.74) is 24.8. The molecule has 1 aliphatic heterocycles. The number of primary amides is 2. The molecular weight excluding hydrogens is 1730 g/mol. The maximum Gasteiger partial charge on any atom is 0.245 e. The highest BCUT2D eigenvalue weighted by molar-refractivity contribution is 8.77. The number of aliphatic hydroxyl groups excluding tert-OH is 1. The average Bonchev–Trinajstić information content (AvgIpc) is 0.903. The fourth-order valence-electron chi connectivity index (χ4n) is 16.1. The normalized spacial score (nSPS) is 19.3. The Kier molecular flexibility index (Phi) is 44.1. The molecule has 12 amide bonds. The van der Waals surface area contributed by atoms with Gasteiger partial charge in [0.15, 0.2) is 23.1 Å². The SMILES string of the molecule is CCCc1cccc2c(C[C@@H]3NC(=O)[C@H]([C@@H](C)O)NC(=O)[C@H](CC(N)=O)NC(=O)[C@@H](NC(C)=O)C(C)(C)SSC(C)(C)[C@@H](C(=O)C[C@@H](Cc4ccc(OCCN)cc4)C(=O)N[C@@H](Cc4ccc5ccccc5c4)C(=O)C[C@@](C)(CCCCN)C(=O)N[C@@H](CCCCNC(C)=O)C(=O)C[C@@H](CC(N)=O)C(=O)N[C@H](CC(C)C)C(C)=O)NC(=O)[C@H](CCCCCC(C)=O)NC3=O)c[nH]c12. The Labute approximate surface area is 781 Å². The molecule has 1 fully saturated rings. The van der Waals surface area contributed by atoms with Crippen LogP contribution < -0.4 is 80.8 Å². The zero-order valence-corrected chi connectivity index (χ0v) is 80.1. The Morgan fingerprint density at radius 2 is 1.23 bits per heavy atom. The van der Waals surface area contributed by atoms with Crippen LogP contribution in [0.3, 0.4) is 0 Å². The van der Waals surface area contributed by atoms with E-state index in [1.807, 2.05) is 75.4 Å². The number of hydrogen-bond acceptors (Lipinski definition) is 23. The van der Waals surface area contributed by atoms with Crippen LogP contribution in [0, 0.1) is 23.2 Å². The van der Waals surface area contributed by atoms with E-state index in [0.717, 1.165) is 56.8 Å². The van der Waals surface area contributed by atoms with Gasteiger partial charge in [-0.1, -0.05) is 148 Å². The molecule has 1 saturated heterocycles. The van der Waals surface area contributed by atoms with Gasteiger partial charge in [0.25, 0.3) is 0 Å². The summed E-state index contributed by atoms with van der Waals surface area (Å²) >= 11 is 0. The second-order valence-electron chi connectivity index (χ2n) is 36.5. The number of ketones is 5. The highest BCUT2D eigenvalue weighted by Gasteiger charge is 2.47. The van der Waals surface area contributed by atoms with Gasteiger partial charge in [0.2, 0.25) is 70.9 Å². The number of unbranched alkanes of at least 4 members (excludes halogenated alkanes) is 4. The molecular formula is C96H139N15O19S2. The first-order chi connectivity index (χ1) is 62.3. The third-order valence-corrected chi connectivity index (χ3v) is 27.7. The number of carbonyl (C=O) groups is 17. The van der Waals surface area contributed by atoms with Crippen molar-refractivity contribution in [2.75, 3.05) is 26.2 Å². The molecule has 6 rings (SSSR count). The lowest BCUT2D eigenvalue weighted by Gasteiger charge is -2.39. The number of amides is 12. The molecule has 0 aliphatic carbocycles. The Morgan fingerprint density at radius 1 is 0.591 bits per heavy atom. The van der Waals surface area contributed by atoms with Crippen molar-refractivity contribution in [1.82, 2.24) is 58.2 Å². The number of hydrogen-bond donors (Lipinski definition) is 16. The maximum atomic E-state index is 16.5. The van der Waals surface area contributed by atoms with E-state index >= 15 is 28.8 Å². The molecule has 0 bridgehead atoms. The highest BCUT2D eigenvalue weighted by Crippen LogP contribution is 2.47. The minimum atomic E-state index is -1.91. The number of nitrogens with two attached hydrogens (primary N) is 4. The van der Waals surface area contributed by atoms with E-state index in [1.54, 1.807) is 71.1 Å². The number of aliphatic hydroxyl groups is 1. The second-order valence-corrected chi connectivity index (χ2v) is 40.0. The Balaban J connectivity index is 1.55. The van der Waals surface area contributed by atoms with Gasteiger partial charge in [-0.15, -0.1) is 0 Å². The zero-order valence-electron chi connectivity index (χ0n) is 78.5. The summed E-state index contributed by atoms with van der Waals surface area (Å²) in [6.45, 7) is 20.6. The number of aryl methyl sites for hydroxylation is 1. The van der Waals surface area contributed by atoms with E-state index < -0.39 is 202 Å². The van der Waals surface area contributed by atoms with Crippen molar-refractivity contribution in [3.63, 3.8) is 0 Å². The van der Waals surface area contributed by atoms with E-state index in [2.05, 4.69) is 58.2 Å². The fraction of sp³-hybridized carbons (Fsp3) is 0.573. The summed E-state index contributed by atoms with van der Waals surface area (Å²) in [5.74, 6) is -15.8. The number of para-hydroxylation sites is 1. The van der Waals surface area contributed by atoms with E-state index in [1.165, 1.54) is 27.7 Å². The Hall–Kier alpha value is -10.9. The molecule has 2 heterocycles. The summed E-state index contributed by atoms with van der Waals surface area (Å²) in [5, 5.41) is 41.1. The first-order valence-corrected chi connectivity index (χ1v) is 47.8. The lowest BCUT2D eigenvalue weighted by molar-refractivity contribution is -0.140. The van der Waals surface area contributed by atoms with Crippen molar-refractivity contribution in [3.05, 3.63) is 113 Å². The molecule has 34 nitrogen and oxygen atoms in total. The number of carbonyl (C=O) groups excluding carboxylic acids is 17. The van der Waals surface area contributed by atoms with Crippen LogP contribution in [-0.4, -0.2) is 206 Å². The first kappa shape index (κ1) is 110. The van der Waals surface area contributed by atoms with E-state index in [0.29, 0.717) is 59.9 Å². The molecule has 0 unspecified atom stereocenters. The summed E-state index contributed by atoms with van der Waals surface area (Å²) < 4.78 is 2.75. The van der Waals surface area contributed by atoms with E-state index in [-0.39, 0.29) is 120 Å². The molecule has 724 valence electrons. The maximum absolute atomic E-state index is 16.5. The van der Waals surface area contributed by atoms with Crippen LogP contribution in [0.1, 0.15) is 228 Å². The number of aromatic amines is 1. The largest absolute Gasteiger partial charge is 0.492 e. The zero-order chi connectivity index (χ0) is 97.9. The topological polar surface area (TPSA) is 560 Å². The molecule has 1 aliphatic rings. The quantitative estimate of drug-likeness (QED) is 0.0161. The molecule has 132 heavy (non-hydrogen) atoms. The van der Waals surface area contributed by atoms with Gasteiger partial charge in [0.1, 0.15) is 54.4 Å². The number of Topliss-reactive ketones (excluding diaryl/α,β-unsaturated/α-hetero) is 5. The second kappa shape index (κ2) is 53.1. The third-order valence-electron chi connectivity index (χ3n) is 23.4. The van der Waals surface area contributed by atoms with Crippen molar-refractivity contribution in [2.45, 2.75) is 301 Å². The van der Waals surface area contributed by atoms with Crippen molar-refractivity contribution in [3.8, 4) is 5.75 Å². The summed E-state index contributed by atoms with van der Waals surface area (Å²) in [6, 6.07) is 11.0. The van der Waals surface area contributed by atoms with Crippen molar-refractivity contribution < 1.29 is 91.4 Å². The minimum Gasteiger partial charge on any atom is -0.492 e. The number of H-pyrrole nitrogens is 1. The predicted octanol–water partition coefficient (Wildman–Crippen LogP) is 5.83. The number of rotatable bonds is 50. The summed E-state index contributed by atoms with van der Waals surface area (Å²) in [7, 11) is 1.93. The highest BCUT2D eigenvalue weighted by atomic mass is 33.1. The van der Waals surface area contributed by atoms with Crippen LogP contribution >= 0.6 is 21.6 Å². The summed E-state index contributed by atoms with van der Waals surface area (Å²) in [6.07, 6.45) is -0.347. The van der Waals surface area contributed by atoms with Crippen LogP contribution in [0.15, 0.2) is 91.1 Å². The standard InChI is InChI=1S/C96H139N15O19S2/c1-14-25-64-29-24-30-70-68(54-102-83(64)70)48-75-89(125)104-72(32-17-15-16-26-56(4)112)88(124)111-84(94(9,10)131-132-95(11,12)85(103-60(8)116)92(128)108-76(52-81(100)121)90(126)110-82(58(6)114)91(127)107-75)78(118)50-66(45-61-34-37-69(38-35-61)130-43-41-98)86(122)106-74(47-62-33-36-63-27-18-19-28-65(63)46-62)79(119)53-96(13,39-21-22-40-97)93(129)109-71(31-20-23-42-101-59(7)115)77(117)49-67(51-80(99)120)87(123)105-73(57(5)113)44-55(2)3/h18-19,24,27-30,33-38,46,54-55,58,66-67,71-76,82,84-85,102,114H,14-17,20-23,25-26,31-32,39-45,47-53,97-98H2,1-13H3,(H2,99,120)(H2,100,121)(H,101,115)(H,103,116)(H,104,125)(H,105,123)(H,106,122)(H,107,127)(H,108,128)(H,109,129)(H,110,126)(H,111,124)/t58-,66-,67+,71+,72+,73-,74+,75+,76+,82+,84-,85-,96-/m1/s1. The molecule has 36 heteroatoms. The first-order valence-electron chi connectivity index (χ1n) is 45.6. The van der Waals surface area contributed by atoms with Gasteiger partial charge in [-0.05, 0) is 177 Å². The minimum absolute atomic E-state index is 0.0105. The number of fused-ring (bicyclic) bond motifs is 2. The number of nitrogens with one attached hydrogen (secondary N) is 11. The van der Waals surface area contributed by atoms with Gasteiger partial charge >= 0.3 is 0 Å². The third kappa shape index (κ3) is 35.2. The molecule has 0 radical (unpaired) electrons. The van der Waals surface area contributed by atoms with Gasteiger partial charge in [0.05, 0.1) is 42.0 Å². The van der Waals surface area contributed by atoms with Gasteiger partial charge in [0, 0.05) is 98.0 Å². The Morgan fingerprint density at radius 3 is 1.86 bits per heavy atom. The van der Waals surface area contributed by atoms with Gasteiger partial charge < -0.3 is 95.7 Å². The van der Waals surface area contributed by atoms with Crippen molar-refractivity contribution >= 4 is 143 Å². The molecule has 4 aromatic carbocycles. The monoisotopic (exact) mass is 1870 g/mol. The molecule has 0 saturated carbocycles.